The number of benzene rings is 1. The molecule has 0 spiro atoms. The zero-order valence-electron chi connectivity index (χ0n) is 13.8. The van der Waals surface area contributed by atoms with Crippen LogP contribution in [0.15, 0.2) is 24.3 Å². The van der Waals surface area contributed by atoms with Crippen molar-refractivity contribution in [3.63, 3.8) is 0 Å². The van der Waals surface area contributed by atoms with Crippen molar-refractivity contribution in [1.82, 2.24) is 14.6 Å². The van der Waals surface area contributed by atoms with Crippen molar-refractivity contribution >= 4 is 26.8 Å². The second-order valence-electron chi connectivity index (χ2n) is 5.66. The van der Waals surface area contributed by atoms with Crippen LogP contribution in [-0.2, 0) is 10.0 Å². The fraction of sp³-hybridized carbons (Fsp3) is 0.375. The summed E-state index contributed by atoms with van der Waals surface area (Å²) in [7, 11) is -1.76. The predicted molar refractivity (Wildman–Crippen MR) is 91.0 cm³/mol. The molecule has 2 rings (SSSR count). The molecule has 0 radical (unpaired) electrons. The Labute approximate surface area is 136 Å². The van der Waals surface area contributed by atoms with E-state index in [1.54, 1.807) is 6.92 Å². The summed E-state index contributed by atoms with van der Waals surface area (Å²) in [4.78, 5) is 16.8. The second kappa shape index (κ2) is 6.64. The van der Waals surface area contributed by atoms with Crippen LogP contribution in [0.3, 0.4) is 0 Å². The number of nitrogens with one attached hydrogen (secondary N) is 1. The van der Waals surface area contributed by atoms with E-state index in [1.807, 2.05) is 31.2 Å². The van der Waals surface area contributed by atoms with Gasteiger partial charge in [-0.2, -0.15) is 0 Å². The molecule has 7 heteroatoms. The maximum atomic E-state index is 12.3. The van der Waals surface area contributed by atoms with Crippen molar-refractivity contribution in [3.8, 4) is 0 Å². The lowest BCUT2D eigenvalue weighted by molar-refractivity contribution is 0.0951. The molecule has 0 fully saturated rings. The van der Waals surface area contributed by atoms with Crippen molar-refractivity contribution in [3.05, 3.63) is 41.1 Å². The zero-order chi connectivity index (χ0) is 17.2. The highest BCUT2D eigenvalue weighted by Gasteiger charge is 2.14. The molecule has 124 valence electrons. The lowest BCUT2D eigenvalue weighted by Gasteiger charge is -2.14. The summed E-state index contributed by atoms with van der Waals surface area (Å²) in [6.45, 7) is 4.24. The molecule has 0 aliphatic heterocycles. The standard InChI is InChI=1S/C16H21N3O3S/c1-11-5-6-15-13(9-11)10-14(12(2)18-15)16(20)17-7-8-19(3)23(4,21)22/h5-6,9-10H,7-8H2,1-4H3,(H,17,20). The van der Waals surface area contributed by atoms with Crippen molar-refractivity contribution < 1.29 is 13.2 Å². The van der Waals surface area contributed by atoms with E-state index in [9.17, 15) is 13.2 Å². The average Bonchev–Trinajstić information content (AvgIpc) is 2.45. The molecular weight excluding hydrogens is 314 g/mol. The van der Waals surface area contributed by atoms with E-state index in [4.69, 9.17) is 0 Å². The smallest absolute Gasteiger partial charge is 0.253 e. The maximum absolute atomic E-state index is 12.3. The SMILES string of the molecule is Cc1ccc2nc(C)c(C(=O)NCCN(C)S(C)(=O)=O)cc2c1. The van der Waals surface area contributed by atoms with Crippen molar-refractivity contribution in [2.75, 3.05) is 26.4 Å². The van der Waals surface area contributed by atoms with Crippen LogP contribution in [0.1, 0.15) is 21.6 Å². The number of aromatic nitrogens is 1. The number of sulfonamides is 1. The first-order valence-electron chi connectivity index (χ1n) is 7.26. The highest BCUT2D eigenvalue weighted by atomic mass is 32.2. The minimum absolute atomic E-state index is 0.226. The Kier molecular flexibility index (Phi) is 5.01. The van der Waals surface area contributed by atoms with Gasteiger partial charge in [-0.25, -0.2) is 12.7 Å². The monoisotopic (exact) mass is 335 g/mol. The lowest BCUT2D eigenvalue weighted by Crippen LogP contribution is -2.35. The number of likely N-dealkylation sites (N-methyl/N-ethyl adjacent to an activating group) is 1. The Morgan fingerprint density at radius 2 is 1.96 bits per heavy atom. The first-order chi connectivity index (χ1) is 10.7. The molecular formula is C16H21N3O3S. The maximum Gasteiger partial charge on any atom is 0.253 e. The van der Waals surface area contributed by atoms with Crippen LogP contribution in [0, 0.1) is 13.8 Å². The Hall–Kier alpha value is -1.99. The van der Waals surface area contributed by atoms with Gasteiger partial charge in [-0.1, -0.05) is 11.6 Å². The lowest BCUT2D eigenvalue weighted by atomic mass is 10.1. The number of rotatable bonds is 5. The number of pyridine rings is 1. The predicted octanol–water partition coefficient (Wildman–Crippen LogP) is 1.47. The molecule has 1 N–H and O–H groups in total. The van der Waals surface area contributed by atoms with E-state index in [2.05, 4.69) is 10.3 Å². The van der Waals surface area contributed by atoms with Crippen molar-refractivity contribution in [1.29, 1.82) is 0 Å². The van der Waals surface area contributed by atoms with E-state index >= 15 is 0 Å². The molecule has 6 nitrogen and oxygen atoms in total. The molecule has 0 atom stereocenters. The van der Waals surface area contributed by atoms with E-state index in [0.717, 1.165) is 22.7 Å². The quantitative estimate of drug-likeness (QED) is 0.897. The Morgan fingerprint density at radius 3 is 2.61 bits per heavy atom. The molecule has 0 aliphatic rings. The Balaban J connectivity index is 2.13. The Bertz CT molecular complexity index is 847. The first-order valence-corrected chi connectivity index (χ1v) is 9.11. The van der Waals surface area contributed by atoms with Crippen molar-refractivity contribution in [2.45, 2.75) is 13.8 Å². The minimum atomic E-state index is -3.24. The molecule has 23 heavy (non-hydrogen) atoms. The van der Waals surface area contributed by atoms with Crippen LogP contribution in [0.5, 0.6) is 0 Å². The summed E-state index contributed by atoms with van der Waals surface area (Å²) in [5.41, 5.74) is 3.10. The molecule has 0 saturated carbocycles. The molecule has 0 saturated heterocycles. The highest BCUT2D eigenvalue weighted by molar-refractivity contribution is 7.88. The van der Waals surface area contributed by atoms with Gasteiger partial charge in [0.2, 0.25) is 10.0 Å². The van der Waals surface area contributed by atoms with Crippen LogP contribution in [0.4, 0.5) is 0 Å². The number of hydrogen-bond donors (Lipinski definition) is 1. The van der Waals surface area contributed by atoms with Gasteiger partial charge in [0.1, 0.15) is 0 Å². The van der Waals surface area contributed by atoms with Crippen LogP contribution in [0.25, 0.3) is 10.9 Å². The number of hydrogen-bond acceptors (Lipinski definition) is 4. The van der Waals surface area contributed by atoms with Gasteiger partial charge in [0, 0.05) is 25.5 Å². The van der Waals surface area contributed by atoms with E-state index in [-0.39, 0.29) is 19.0 Å². The number of nitrogens with zero attached hydrogens (tertiary/aromatic N) is 2. The van der Waals surface area contributed by atoms with Gasteiger partial charge in [-0.15, -0.1) is 0 Å². The van der Waals surface area contributed by atoms with E-state index in [0.29, 0.717) is 11.3 Å². The molecule has 0 unspecified atom stereocenters. The molecule has 1 heterocycles. The summed E-state index contributed by atoms with van der Waals surface area (Å²) in [6, 6.07) is 7.71. The first kappa shape index (κ1) is 17.4. The normalized spacial score (nSPS) is 11.9. The van der Waals surface area contributed by atoms with Gasteiger partial charge in [0.15, 0.2) is 0 Å². The molecule has 1 amide bonds. The van der Waals surface area contributed by atoms with Crippen LogP contribution >= 0.6 is 0 Å². The average molecular weight is 335 g/mol. The summed E-state index contributed by atoms with van der Waals surface area (Å²) in [5.74, 6) is -0.250. The largest absolute Gasteiger partial charge is 0.351 e. The fourth-order valence-corrected chi connectivity index (χ4v) is 2.63. The van der Waals surface area contributed by atoms with Gasteiger partial charge in [-0.05, 0) is 32.0 Å². The number of carbonyl (C=O) groups is 1. The van der Waals surface area contributed by atoms with Crippen molar-refractivity contribution in [2.24, 2.45) is 0 Å². The summed E-state index contributed by atoms with van der Waals surface area (Å²) < 4.78 is 23.8. The minimum Gasteiger partial charge on any atom is -0.351 e. The second-order valence-corrected chi connectivity index (χ2v) is 7.75. The van der Waals surface area contributed by atoms with E-state index in [1.165, 1.54) is 11.4 Å². The molecule has 1 aromatic heterocycles. The third kappa shape index (κ3) is 4.27. The summed E-state index contributed by atoms with van der Waals surface area (Å²) >= 11 is 0. The van der Waals surface area contributed by atoms with Gasteiger partial charge in [0.25, 0.3) is 5.91 Å². The van der Waals surface area contributed by atoms with Gasteiger partial charge in [0.05, 0.1) is 23.0 Å². The topological polar surface area (TPSA) is 79.4 Å². The van der Waals surface area contributed by atoms with Gasteiger partial charge in [-0.3, -0.25) is 9.78 Å². The molecule has 2 aromatic rings. The van der Waals surface area contributed by atoms with Gasteiger partial charge < -0.3 is 5.32 Å². The Morgan fingerprint density at radius 1 is 1.26 bits per heavy atom. The summed E-state index contributed by atoms with van der Waals surface area (Å²) in [5, 5.41) is 3.65. The highest BCUT2D eigenvalue weighted by Crippen LogP contribution is 2.18. The number of aryl methyl sites for hydroxylation is 2. The molecule has 0 aliphatic carbocycles. The van der Waals surface area contributed by atoms with Crippen LogP contribution < -0.4 is 5.32 Å². The molecule has 0 bridgehead atoms. The third-order valence-corrected chi connectivity index (χ3v) is 5.00. The fourth-order valence-electron chi connectivity index (χ4n) is 2.21. The van der Waals surface area contributed by atoms with Gasteiger partial charge >= 0.3 is 0 Å². The number of fused-ring (bicyclic) bond motifs is 1. The summed E-state index contributed by atoms with van der Waals surface area (Å²) in [6.07, 6.45) is 1.13. The molecule has 1 aromatic carbocycles. The van der Waals surface area contributed by atoms with Crippen LogP contribution in [0.2, 0.25) is 0 Å². The third-order valence-electron chi connectivity index (χ3n) is 3.68. The zero-order valence-corrected chi connectivity index (χ0v) is 14.6. The number of carbonyl (C=O) groups excluding carboxylic acids is 1. The van der Waals surface area contributed by atoms with Crippen LogP contribution in [-0.4, -0.2) is 50.0 Å². The number of amides is 1. The van der Waals surface area contributed by atoms with E-state index < -0.39 is 10.0 Å².